The van der Waals surface area contributed by atoms with Gasteiger partial charge in [-0.15, -0.1) is 0 Å². The van der Waals surface area contributed by atoms with Crippen molar-refractivity contribution in [1.29, 1.82) is 0 Å². The molecule has 2 rings (SSSR count). The molecule has 0 aliphatic heterocycles. The van der Waals surface area contributed by atoms with Crippen molar-refractivity contribution in [2.75, 3.05) is 6.54 Å². The number of aryl methyl sites for hydroxylation is 2. The molecule has 4 heteroatoms. The first-order chi connectivity index (χ1) is 10.6. The standard InChI is InChI=1S/C18H21NO3/c1-13-5-6-15(12-14(13)2)17(20)7-8-18(21)19-10-9-16-4-3-11-22-16/h3-6,11-12H,7-10H2,1-2H3,(H,19,21). The fourth-order valence-corrected chi connectivity index (χ4v) is 2.15. The van der Waals surface area contributed by atoms with E-state index < -0.39 is 0 Å². The van der Waals surface area contributed by atoms with Gasteiger partial charge in [-0.1, -0.05) is 12.1 Å². The van der Waals surface area contributed by atoms with E-state index in [2.05, 4.69) is 5.32 Å². The summed E-state index contributed by atoms with van der Waals surface area (Å²) in [5.74, 6) is 0.736. The molecule has 0 fully saturated rings. The molecule has 0 saturated heterocycles. The van der Waals surface area contributed by atoms with Crippen molar-refractivity contribution in [1.82, 2.24) is 5.32 Å². The highest BCUT2D eigenvalue weighted by Gasteiger charge is 2.10. The SMILES string of the molecule is Cc1ccc(C(=O)CCC(=O)NCCc2ccco2)cc1C. The number of ketones is 1. The van der Waals surface area contributed by atoms with Crippen LogP contribution in [0, 0.1) is 13.8 Å². The maximum Gasteiger partial charge on any atom is 0.220 e. The van der Waals surface area contributed by atoms with Gasteiger partial charge in [-0.2, -0.15) is 0 Å². The number of carbonyl (C=O) groups excluding carboxylic acids is 2. The largest absolute Gasteiger partial charge is 0.469 e. The molecule has 0 radical (unpaired) electrons. The van der Waals surface area contributed by atoms with Crippen LogP contribution < -0.4 is 5.32 Å². The number of hydrogen-bond donors (Lipinski definition) is 1. The minimum Gasteiger partial charge on any atom is -0.469 e. The van der Waals surface area contributed by atoms with E-state index in [1.807, 2.05) is 44.2 Å². The van der Waals surface area contributed by atoms with Gasteiger partial charge in [-0.25, -0.2) is 0 Å². The minimum absolute atomic E-state index is 0.00397. The van der Waals surface area contributed by atoms with E-state index in [4.69, 9.17) is 4.42 Å². The highest BCUT2D eigenvalue weighted by Crippen LogP contribution is 2.12. The van der Waals surface area contributed by atoms with Crippen molar-refractivity contribution in [3.8, 4) is 0 Å². The van der Waals surface area contributed by atoms with Crippen LogP contribution in [0.2, 0.25) is 0 Å². The Labute approximate surface area is 130 Å². The van der Waals surface area contributed by atoms with Crippen LogP contribution in [0.4, 0.5) is 0 Å². The van der Waals surface area contributed by atoms with Gasteiger partial charge in [0.05, 0.1) is 6.26 Å². The monoisotopic (exact) mass is 299 g/mol. The first kappa shape index (κ1) is 16.0. The Morgan fingerprint density at radius 3 is 2.59 bits per heavy atom. The lowest BCUT2D eigenvalue weighted by Crippen LogP contribution is -2.25. The summed E-state index contributed by atoms with van der Waals surface area (Å²) in [6, 6.07) is 9.33. The van der Waals surface area contributed by atoms with Crippen LogP contribution in [0.15, 0.2) is 41.0 Å². The highest BCUT2D eigenvalue weighted by molar-refractivity contribution is 5.98. The third kappa shape index (κ3) is 4.58. The number of hydrogen-bond acceptors (Lipinski definition) is 3. The fraction of sp³-hybridized carbons (Fsp3) is 0.333. The number of rotatable bonds is 7. The molecule has 0 saturated carbocycles. The van der Waals surface area contributed by atoms with Gasteiger partial charge in [0, 0.05) is 31.4 Å². The summed E-state index contributed by atoms with van der Waals surface area (Å²) in [6.07, 6.45) is 2.71. The third-order valence-corrected chi connectivity index (χ3v) is 3.68. The van der Waals surface area contributed by atoms with Gasteiger partial charge in [0.2, 0.25) is 5.91 Å². The second-order valence-electron chi connectivity index (χ2n) is 5.40. The zero-order chi connectivity index (χ0) is 15.9. The molecule has 2 aromatic rings. The summed E-state index contributed by atoms with van der Waals surface area (Å²) < 4.78 is 5.19. The number of nitrogens with one attached hydrogen (secondary N) is 1. The van der Waals surface area contributed by atoms with Crippen LogP contribution in [0.5, 0.6) is 0 Å². The molecule has 116 valence electrons. The number of furan rings is 1. The van der Waals surface area contributed by atoms with Crippen molar-refractivity contribution in [3.63, 3.8) is 0 Å². The van der Waals surface area contributed by atoms with E-state index >= 15 is 0 Å². The second kappa shape index (κ2) is 7.59. The Morgan fingerprint density at radius 1 is 1.09 bits per heavy atom. The lowest BCUT2D eigenvalue weighted by atomic mass is 10.0. The van der Waals surface area contributed by atoms with Crippen molar-refractivity contribution >= 4 is 11.7 Å². The van der Waals surface area contributed by atoms with Crippen molar-refractivity contribution < 1.29 is 14.0 Å². The third-order valence-electron chi connectivity index (χ3n) is 3.68. The predicted molar refractivity (Wildman–Crippen MR) is 84.9 cm³/mol. The van der Waals surface area contributed by atoms with E-state index in [-0.39, 0.29) is 24.5 Å². The second-order valence-corrected chi connectivity index (χ2v) is 5.40. The lowest BCUT2D eigenvalue weighted by Gasteiger charge is -2.06. The molecule has 1 amide bonds. The summed E-state index contributed by atoms with van der Waals surface area (Å²) in [7, 11) is 0. The molecule has 0 spiro atoms. The first-order valence-electron chi connectivity index (χ1n) is 7.46. The predicted octanol–water partition coefficient (Wildman–Crippen LogP) is 3.22. The summed E-state index contributed by atoms with van der Waals surface area (Å²) in [5, 5.41) is 2.80. The topological polar surface area (TPSA) is 59.3 Å². The smallest absolute Gasteiger partial charge is 0.220 e. The van der Waals surface area contributed by atoms with Crippen molar-refractivity contribution in [2.45, 2.75) is 33.1 Å². The normalized spacial score (nSPS) is 10.5. The van der Waals surface area contributed by atoms with Crippen molar-refractivity contribution in [3.05, 3.63) is 59.0 Å². The van der Waals surface area contributed by atoms with Gasteiger partial charge < -0.3 is 9.73 Å². The molecular formula is C18H21NO3. The molecule has 4 nitrogen and oxygen atoms in total. The molecule has 22 heavy (non-hydrogen) atoms. The quantitative estimate of drug-likeness (QED) is 0.799. The van der Waals surface area contributed by atoms with E-state index in [1.165, 1.54) is 0 Å². The zero-order valence-corrected chi connectivity index (χ0v) is 13.0. The zero-order valence-electron chi connectivity index (χ0n) is 13.0. The van der Waals surface area contributed by atoms with Crippen molar-refractivity contribution in [2.24, 2.45) is 0 Å². The number of carbonyl (C=O) groups is 2. The average Bonchev–Trinajstić information content (AvgIpc) is 3.01. The first-order valence-corrected chi connectivity index (χ1v) is 7.46. The van der Waals surface area contributed by atoms with E-state index in [0.29, 0.717) is 18.5 Å². The molecule has 1 heterocycles. The molecule has 0 aliphatic rings. The minimum atomic E-state index is -0.108. The lowest BCUT2D eigenvalue weighted by molar-refractivity contribution is -0.121. The van der Waals surface area contributed by atoms with Crippen LogP contribution in [0.25, 0.3) is 0 Å². The highest BCUT2D eigenvalue weighted by atomic mass is 16.3. The Hall–Kier alpha value is -2.36. The average molecular weight is 299 g/mol. The summed E-state index contributed by atoms with van der Waals surface area (Å²) in [4.78, 5) is 23.8. The maximum atomic E-state index is 12.1. The van der Waals surface area contributed by atoms with Crippen LogP contribution in [0.1, 0.15) is 40.1 Å². The van der Waals surface area contributed by atoms with Gasteiger partial charge in [0.25, 0.3) is 0 Å². The molecule has 0 unspecified atom stereocenters. The van der Waals surface area contributed by atoms with Crippen LogP contribution in [0.3, 0.4) is 0 Å². The van der Waals surface area contributed by atoms with Gasteiger partial charge in [-0.3, -0.25) is 9.59 Å². The number of Topliss-reactive ketones (excluding diaryl/α,β-unsaturated/α-hetero) is 1. The molecule has 1 N–H and O–H groups in total. The Kier molecular flexibility index (Phi) is 5.53. The Balaban J connectivity index is 1.73. The van der Waals surface area contributed by atoms with Gasteiger partial charge in [-0.05, 0) is 43.2 Å². The number of benzene rings is 1. The summed E-state index contributed by atoms with van der Waals surface area (Å²) in [5.41, 5.74) is 2.92. The number of amides is 1. The molecule has 1 aromatic heterocycles. The summed E-state index contributed by atoms with van der Waals surface area (Å²) in [6.45, 7) is 4.51. The fourth-order valence-electron chi connectivity index (χ4n) is 2.15. The Bertz CT molecular complexity index is 644. The van der Waals surface area contributed by atoms with E-state index in [1.54, 1.807) is 6.26 Å². The van der Waals surface area contributed by atoms with E-state index in [0.717, 1.165) is 16.9 Å². The maximum absolute atomic E-state index is 12.1. The van der Waals surface area contributed by atoms with Crippen LogP contribution in [-0.2, 0) is 11.2 Å². The van der Waals surface area contributed by atoms with Gasteiger partial charge in [0.1, 0.15) is 5.76 Å². The molecule has 0 atom stereocenters. The van der Waals surface area contributed by atoms with Gasteiger partial charge >= 0.3 is 0 Å². The molecular weight excluding hydrogens is 278 g/mol. The molecule has 0 aliphatic carbocycles. The summed E-state index contributed by atoms with van der Waals surface area (Å²) >= 11 is 0. The molecule has 1 aromatic carbocycles. The van der Waals surface area contributed by atoms with Crippen LogP contribution in [-0.4, -0.2) is 18.2 Å². The van der Waals surface area contributed by atoms with Crippen LogP contribution >= 0.6 is 0 Å². The Morgan fingerprint density at radius 2 is 1.91 bits per heavy atom. The van der Waals surface area contributed by atoms with E-state index in [9.17, 15) is 9.59 Å². The molecule has 0 bridgehead atoms. The van der Waals surface area contributed by atoms with Gasteiger partial charge in [0.15, 0.2) is 5.78 Å².